The average molecular weight is 481 g/mol. The second-order valence-corrected chi connectivity index (χ2v) is 8.58. The molecule has 0 saturated carbocycles. The highest BCUT2D eigenvalue weighted by Crippen LogP contribution is 2.22. The lowest BCUT2D eigenvalue weighted by atomic mass is 10.2. The molecule has 0 bridgehead atoms. The number of ether oxygens (including phenoxy) is 2. The van der Waals surface area contributed by atoms with Crippen LogP contribution < -0.4 is 19.5 Å². The van der Waals surface area contributed by atoms with Gasteiger partial charge in [-0.3, -0.25) is 14.2 Å². The van der Waals surface area contributed by atoms with Crippen molar-refractivity contribution >= 4 is 39.0 Å². The van der Waals surface area contributed by atoms with Crippen molar-refractivity contribution in [2.45, 2.75) is 24.3 Å². The Labute approximate surface area is 189 Å². The minimum absolute atomic E-state index is 0.0187. The number of carbonyl (C=O) groups is 1. The highest BCUT2D eigenvalue weighted by Gasteiger charge is 2.21. The van der Waals surface area contributed by atoms with Crippen molar-refractivity contribution < 1.29 is 22.7 Å². The number of nitrogens with one attached hydrogen (secondary N) is 2. The molecule has 1 atom stereocenters. The number of anilines is 2. The quantitative estimate of drug-likeness (QED) is 0.476. The van der Waals surface area contributed by atoms with Crippen LogP contribution in [0.5, 0.6) is 11.9 Å². The van der Waals surface area contributed by atoms with E-state index in [2.05, 4.69) is 25.1 Å². The molecule has 1 amide bonds. The largest absolute Gasteiger partial charge is 0.481 e. The molecule has 2 heterocycles. The highest BCUT2D eigenvalue weighted by molar-refractivity contribution is 7.92. The van der Waals surface area contributed by atoms with E-state index in [-0.39, 0.29) is 28.5 Å². The summed E-state index contributed by atoms with van der Waals surface area (Å²) in [6.07, 6.45) is 3.51. The number of benzene rings is 1. The minimum Gasteiger partial charge on any atom is -0.481 e. The maximum absolute atomic E-state index is 12.7. The maximum Gasteiger partial charge on any atom is 0.321 e. The van der Waals surface area contributed by atoms with Crippen LogP contribution in [0.1, 0.15) is 19.4 Å². The van der Waals surface area contributed by atoms with Gasteiger partial charge in [-0.15, -0.1) is 0 Å². The fourth-order valence-corrected chi connectivity index (χ4v) is 3.91. The van der Waals surface area contributed by atoms with Gasteiger partial charge < -0.3 is 14.8 Å². The van der Waals surface area contributed by atoms with E-state index >= 15 is 0 Å². The predicted molar refractivity (Wildman–Crippen MR) is 118 cm³/mol. The van der Waals surface area contributed by atoms with Crippen LogP contribution in [0, 0.1) is 0 Å². The minimum atomic E-state index is -3.96. The lowest BCUT2D eigenvalue weighted by Crippen LogP contribution is -2.26. The van der Waals surface area contributed by atoms with E-state index in [1.807, 2.05) is 6.92 Å². The van der Waals surface area contributed by atoms with E-state index in [9.17, 15) is 13.2 Å². The average Bonchev–Trinajstić information content (AvgIpc) is 3.19. The van der Waals surface area contributed by atoms with E-state index < -0.39 is 16.1 Å². The van der Waals surface area contributed by atoms with Gasteiger partial charge in [-0.1, -0.05) is 18.5 Å². The molecule has 2 aromatic heterocycles. The Morgan fingerprint density at radius 1 is 1.19 bits per heavy atom. The Kier molecular flexibility index (Phi) is 7.15. The summed E-state index contributed by atoms with van der Waals surface area (Å²) < 4.78 is 39.2. The van der Waals surface area contributed by atoms with E-state index in [1.165, 1.54) is 55.4 Å². The summed E-state index contributed by atoms with van der Waals surface area (Å²) in [4.78, 5) is 20.4. The number of hydrogen-bond donors (Lipinski definition) is 2. The Bertz CT molecular complexity index is 1180. The number of hydrogen-bond acceptors (Lipinski definition) is 8. The van der Waals surface area contributed by atoms with Crippen LogP contribution in [-0.2, 0) is 14.8 Å². The first-order valence-electron chi connectivity index (χ1n) is 9.36. The predicted octanol–water partition coefficient (Wildman–Crippen LogP) is 2.73. The molecule has 0 aliphatic heterocycles. The number of aromatic nitrogens is 4. The lowest BCUT2D eigenvalue weighted by Gasteiger charge is -2.16. The van der Waals surface area contributed by atoms with Gasteiger partial charge in [0.15, 0.2) is 5.82 Å². The zero-order valence-corrected chi connectivity index (χ0v) is 19.0. The van der Waals surface area contributed by atoms with Gasteiger partial charge in [0.25, 0.3) is 10.0 Å². The molecule has 1 aromatic carbocycles. The number of rotatable bonds is 9. The van der Waals surface area contributed by atoms with Gasteiger partial charge in [0.05, 0.1) is 30.3 Å². The van der Waals surface area contributed by atoms with E-state index in [0.29, 0.717) is 17.1 Å². The molecule has 0 radical (unpaired) electrons. The summed E-state index contributed by atoms with van der Waals surface area (Å²) in [5.41, 5.74) is 0.427. The van der Waals surface area contributed by atoms with Crippen LogP contribution in [0.4, 0.5) is 11.5 Å². The molecular formula is C19H21ClN6O5S. The number of methoxy groups -OCH3 is 2. The van der Waals surface area contributed by atoms with Crippen molar-refractivity contribution in [3.8, 4) is 11.9 Å². The zero-order chi connectivity index (χ0) is 23.3. The second kappa shape index (κ2) is 9.83. The van der Waals surface area contributed by atoms with Crippen molar-refractivity contribution in [3.05, 3.63) is 47.7 Å². The van der Waals surface area contributed by atoms with Crippen LogP contribution >= 0.6 is 11.6 Å². The molecule has 3 aromatic rings. The molecule has 13 heteroatoms. The van der Waals surface area contributed by atoms with Gasteiger partial charge in [-0.25, -0.2) is 8.42 Å². The third kappa shape index (κ3) is 5.45. The lowest BCUT2D eigenvalue weighted by molar-refractivity contribution is -0.119. The topological polar surface area (TPSA) is 137 Å². The van der Waals surface area contributed by atoms with Gasteiger partial charge in [0.2, 0.25) is 11.8 Å². The number of carbonyl (C=O) groups excluding carboxylic acids is 1. The summed E-state index contributed by atoms with van der Waals surface area (Å²) in [5, 5.41) is 7.24. The van der Waals surface area contributed by atoms with Gasteiger partial charge >= 0.3 is 6.01 Å². The molecule has 11 nitrogen and oxygen atoms in total. The fraction of sp³-hybridized carbons (Fsp3) is 0.263. The van der Waals surface area contributed by atoms with Crippen LogP contribution in [0.25, 0.3) is 0 Å². The zero-order valence-electron chi connectivity index (χ0n) is 17.4. The molecule has 0 aliphatic carbocycles. The van der Waals surface area contributed by atoms with Crippen molar-refractivity contribution in [1.82, 2.24) is 19.7 Å². The molecule has 32 heavy (non-hydrogen) atoms. The van der Waals surface area contributed by atoms with Crippen molar-refractivity contribution in [1.29, 1.82) is 0 Å². The van der Waals surface area contributed by atoms with Crippen LogP contribution in [0.2, 0.25) is 5.02 Å². The summed E-state index contributed by atoms with van der Waals surface area (Å²) >= 11 is 5.88. The van der Waals surface area contributed by atoms with Gasteiger partial charge in [-0.05, 0) is 30.7 Å². The molecule has 0 saturated heterocycles. The molecule has 1 unspecified atom stereocenters. The third-order valence-electron chi connectivity index (χ3n) is 4.32. The first kappa shape index (κ1) is 23.3. The molecule has 0 fully saturated rings. The van der Waals surface area contributed by atoms with E-state index in [1.54, 1.807) is 6.20 Å². The Morgan fingerprint density at radius 3 is 2.47 bits per heavy atom. The second-order valence-electron chi connectivity index (χ2n) is 6.46. The normalized spacial score (nSPS) is 12.1. The van der Waals surface area contributed by atoms with Crippen LogP contribution in [0.3, 0.4) is 0 Å². The van der Waals surface area contributed by atoms with E-state index in [0.717, 1.165) is 0 Å². The highest BCUT2D eigenvalue weighted by atomic mass is 35.5. The Morgan fingerprint density at radius 2 is 1.91 bits per heavy atom. The van der Waals surface area contributed by atoms with E-state index in [4.69, 9.17) is 21.1 Å². The van der Waals surface area contributed by atoms with Crippen LogP contribution in [-0.4, -0.2) is 48.3 Å². The maximum atomic E-state index is 12.7. The summed E-state index contributed by atoms with van der Waals surface area (Å²) in [6, 6.07) is 6.39. The molecule has 3 rings (SSSR count). The smallest absolute Gasteiger partial charge is 0.321 e. The third-order valence-corrected chi connectivity index (χ3v) is 5.89. The van der Waals surface area contributed by atoms with Gasteiger partial charge in [0, 0.05) is 18.0 Å². The Hall–Kier alpha value is -3.38. The van der Waals surface area contributed by atoms with Crippen molar-refractivity contribution in [2.24, 2.45) is 0 Å². The molecule has 2 N–H and O–H groups in total. The molecule has 170 valence electrons. The molecule has 0 aliphatic rings. The number of amides is 1. The monoisotopic (exact) mass is 480 g/mol. The Balaban J connectivity index is 1.73. The number of sulfonamides is 1. The summed E-state index contributed by atoms with van der Waals surface area (Å²) in [5.74, 6) is -0.188. The van der Waals surface area contributed by atoms with Gasteiger partial charge in [-0.2, -0.15) is 15.1 Å². The number of halogens is 1. The molecular weight excluding hydrogens is 460 g/mol. The SMILES string of the molecule is CCC(C(=O)Nc1ccc(S(=O)(=O)Nc2cc(OC)nc(OC)n2)cc1)n1cc(Cl)cn1. The first-order chi connectivity index (χ1) is 15.2. The standard InChI is InChI=1S/C19H21ClN6O5S/c1-4-15(26-11-12(20)10-21-26)18(27)22-13-5-7-14(8-6-13)32(28,29)25-16-9-17(30-2)24-19(23-16)31-3/h5-11,15H,4H2,1-3H3,(H,22,27)(H,23,24,25). The van der Waals surface area contributed by atoms with Gasteiger partial charge in [0.1, 0.15) is 6.04 Å². The molecule has 0 spiro atoms. The first-order valence-corrected chi connectivity index (χ1v) is 11.2. The fourth-order valence-electron chi connectivity index (χ4n) is 2.77. The summed E-state index contributed by atoms with van der Waals surface area (Å²) in [6.45, 7) is 1.85. The van der Waals surface area contributed by atoms with Crippen molar-refractivity contribution in [2.75, 3.05) is 24.3 Å². The summed E-state index contributed by atoms with van der Waals surface area (Å²) in [7, 11) is -1.23. The van der Waals surface area contributed by atoms with Crippen molar-refractivity contribution in [3.63, 3.8) is 0 Å². The number of nitrogens with zero attached hydrogens (tertiary/aromatic N) is 4. The van der Waals surface area contributed by atoms with Crippen LogP contribution in [0.15, 0.2) is 47.6 Å².